The van der Waals surface area contributed by atoms with Crippen LogP contribution in [-0.4, -0.2) is 35.6 Å². The molecule has 3 nitrogen and oxygen atoms in total. The minimum absolute atomic E-state index is 0.00966. The van der Waals surface area contributed by atoms with Gasteiger partial charge in [-0.1, -0.05) is 6.07 Å². The highest BCUT2D eigenvalue weighted by atomic mass is 19.4. The zero-order chi connectivity index (χ0) is 22.0. The predicted octanol–water partition coefficient (Wildman–Crippen LogP) is 4.84. The zero-order valence-corrected chi connectivity index (χ0v) is 12.7. The molecule has 2 rings (SSSR count). The van der Waals surface area contributed by atoms with Gasteiger partial charge < -0.3 is 5.32 Å². The Morgan fingerprint density at radius 1 is 0.893 bits per heavy atom. The topological polar surface area (TPSA) is 38.3 Å². The lowest BCUT2D eigenvalue weighted by Crippen LogP contribution is -2.63. The highest BCUT2D eigenvalue weighted by Gasteiger charge is 2.96. The fraction of sp³-hybridized carbons (Fsp3) is 0.462. The standard InChI is InChI=1S/C13H5F12NO2/c14-8(15,12(23)10(19,20)11(21,22)13(24,25)28-12)7(27)26-6-3-1-2-5(4-6)9(16,17)18/h1-4H,(H,26,27). The Hall–Kier alpha value is -2.19. The van der Waals surface area contributed by atoms with E-state index in [1.165, 1.54) is 0 Å². The van der Waals surface area contributed by atoms with Gasteiger partial charge in [0.2, 0.25) is 0 Å². The van der Waals surface area contributed by atoms with Crippen LogP contribution in [0.2, 0.25) is 0 Å². The number of carbonyl (C=O) groups excluding carboxylic acids is 1. The van der Waals surface area contributed by atoms with E-state index in [1.807, 2.05) is 0 Å². The van der Waals surface area contributed by atoms with Gasteiger partial charge >= 0.3 is 41.8 Å². The fourth-order valence-corrected chi connectivity index (χ4v) is 2.08. The summed E-state index contributed by atoms with van der Waals surface area (Å²) in [6, 6.07) is 1.49. The molecule has 0 saturated carbocycles. The van der Waals surface area contributed by atoms with Crippen LogP contribution in [0.4, 0.5) is 58.4 Å². The van der Waals surface area contributed by atoms with E-state index in [0.717, 1.165) is 5.32 Å². The summed E-state index contributed by atoms with van der Waals surface area (Å²) in [6.07, 6.45) is -11.5. The van der Waals surface area contributed by atoms with Crippen molar-refractivity contribution in [1.82, 2.24) is 0 Å². The van der Waals surface area contributed by atoms with Crippen molar-refractivity contribution in [1.29, 1.82) is 0 Å². The van der Waals surface area contributed by atoms with Gasteiger partial charge in [-0.15, -0.1) is 0 Å². The lowest BCUT2D eigenvalue weighted by molar-refractivity contribution is -0.366. The van der Waals surface area contributed by atoms with Gasteiger partial charge in [0.15, 0.2) is 0 Å². The summed E-state index contributed by atoms with van der Waals surface area (Å²) in [5.74, 6) is -29.8. The predicted molar refractivity (Wildman–Crippen MR) is 64.8 cm³/mol. The molecule has 1 aliphatic heterocycles. The molecular formula is C13H5F12NO2. The molecule has 158 valence electrons. The van der Waals surface area contributed by atoms with Crippen LogP contribution in [0.1, 0.15) is 5.56 Å². The lowest BCUT2D eigenvalue weighted by atomic mass is 9.99. The number of carbonyl (C=O) groups is 1. The van der Waals surface area contributed by atoms with Crippen molar-refractivity contribution < 1.29 is 62.2 Å². The molecule has 15 heteroatoms. The number of alkyl halides is 12. The number of hydrogen-bond donors (Lipinski definition) is 1. The van der Waals surface area contributed by atoms with Crippen molar-refractivity contribution in [3.63, 3.8) is 0 Å². The van der Waals surface area contributed by atoms with E-state index in [9.17, 15) is 57.5 Å². The molecule has 0 aliphatic carbocycles. The van der Waals surface area contributed by atoms with Crippen LogP contribution in [0.5, 0.6) is 0 Å². The van der Waals surface area contributed by atoms with Crippen molar-refractivity contribution in [3.05, 3.63) is 29.8 Å². The number of amides is 1. The van der Waals surface area contributed by atoms with Crippen molar-refractivity contribution in [2.24, 2.45) is 0 Å². The van der Waals surface area contributed by atoms with E-state index in [1.54, 1.807) is 0 Å². The van der Waals surface area contributed by atoms with Crippen molar-refractivity contribution in [3.8, 4) is 0 Å². The second-order valence-corrected chi connectivity index (χ2v) is 5.47. The van der Waals surface area contributed by atoms with Gasteiger partial charge in [-0.2, -0.15) is 52.7 Å². The maximum Gasteiger partial charge on any atom is 0.428 e. The molecule has 0 spiro atoms. The smallest absolute Gasteiger partial charge is 0.321 e. The summed E-state index contributed by atoms with van der Waals surface area (Å²) in [4.78, 5) is 11.4. The first-order chi connectivity index (χ1) is 12.3. The van der Waals surface area contributed by atoms with Gasteiger partial charge in [0.25, 0.3) is 0 Å². The van der Waals surface area contributed by atoms with Gasteiger partial charge in [-0.3, -0.25) is 9.53 Å². The average molecular weight is 435 g/mol. The maximum absolute atomic E-state index is 14.0. The summed E-state index contributed by atoms with van der Waals surface area (Å²) in [7, 11) is 0. The molecule has 1 aromatic carbocycles. The van der Waals surface area contributed by atoms with Crippen LogP contribution in [0.15, 0.2) is 24.3 Å². The highest BCUT2D eigenvalue weighted by Crippen LogP contribution is 2.64. The first-order valence-electron chi connectivity index (χ1n) is 6.70. The summed E-state index contributed by atoms with van der Waals surface area (Å²) >= 11 is 0. The number of rotatable bonds is 3. The van der Waals surface area contributed by atoms with Gasteiger partial charge in [-0.05, 0) is 18.2 Å². The zero-order valence-electron chi connectivity index (χ0n) is 12.7. The molecule has 1 heterocycles. The van der Waals surface area contributed by atoms with E-state index < -0.39 is 53.1 Å². The number of hydrogen-bond acceptors (Lipinski definition) is 2. The molecule has 1 N–H and O–H groups in total. The molecule has 0 bridgehead atoms. The molecule has 0 aromatic heterocycles. The van der Waals surface area contributed by atoms with Crippen molar-refractivity contribution in [2.75, 3.05) is 5.32 Å². The number of halogens is 12. The second-order valence-electron chi connectivity index (χ2n) is 5.47. The number of benzene rings is 1. The second kappa shape index (κ2) is 5.90. The Kier molecular flexibility index (Phi) is 4.66. The van der Waals surface area contributed by atoms with Crippen LogP contribution in [0.3, 0.4) is 0 Å². The van der Waals surface area contributed by atoms with Gasteiger partial charge in [-0.25, -0.2) is 0 Å². The Bertz CT molecular complexity index is 790. The molecule has 1 unspecified atom stereocenters. The molecule has 1 fully saturated rings. The normalized spacial score (nSPS) is 26.1. The summed E-state index contributed by atoms with van der Waals surface area (Å²) in [5.41, 5.74) is -2.67. The minimum Gasteiger partial charge on any atom is -0.321 e. The van der Waals surface area contributed by atoms with Gasteiger partial charge in [0.05, 0.1) is 5.56 Å². The first-order valence-corrected chi connectivity index (χ1v) is 6.70. The third-order valence-corrected chi connectivity index (χ3v) is 3.57. The SMILES string of the molecule is O=C(Nc1cccc(C(F)(F)F)c1)C(F)(F)C1(F)OC(F)(F)C(F)(F)C1(F)F. The number of anilines is 1. The van der Waals surface area contributed by atoms with Crippen LogP contribution >= 0.6 is 0 Å². The quantitative estimate of drug-likeness (QED) is 0.691. The monoisotopic (exact) mass is 435 g/mol. The van der Waals surface area contributed by atoms with E-state index in [0.29, 0.717) is 18.2 Å². The Morgan fingerprint density at radius 3 is 1.86 bits per heavy atom. The maximum atomic E-state index is 14.0. The highest BCUT2D eigenvalue weighted by molar-refractivity contribution is 5.97. The number of ether oxygens (including phenoxy) is 1. The van der Waals surface area contributed by atoms with Gasteiger partial charge in [0, 0.05) is 5.69 Å². The first kappa shape index (κ1) is 22.1. The Labute approximate surface area is 146 Å². The third kappa shape index (κ3) is 2.86. The third-order valence-electron chi connectivity index (χ3n) is 3.57. The summed E-state index contributed by atoms with van der Waals surface area (Å²) in [5, 5.41) is 0.857. The van der Waals surface area contributed by atoms with Crippen LogP contribution in [0.25, 0.3) is 0 Å². The fourth-order valence-electron chi connectivity index (χ4n) is 2.08. The Morgan fingerprint density at radius 2 is 1.43 bits per heavy atom. The molecule has 1 atom stereocenters. The van der Waals surface area contributed by atoms with E-state index in [-0.39, 0.29) is 6.07 Å². The molecule has 0 radical (unpaired) electrons. The van der Waals surface area contributed by atoms with Crippen LogP contribution in [0, 0.1) is 0 Å². The van der Waals surface area contributed by atoms with Crippen molar-refractivity contribution >= 4 is 11.6 Å². The molecule has 1 saturated heterocycles. The molecule has 1 aromatic rings. The van der Waals surface area contributed by atoms with Crippen LogP contribution in [-0.2, 0) is 15.7 Å². The van der Waals surface area contributed by atoms with E-state index in [2.05, 4.69) is 4.74 Å². The summed E-state index contributed by atoms with van der Waals surface area (Å²) in [6.45, 7) is 0. The van der Waals surface area contributed by atoms with E-state index in [4.69, 9.17) is 0 Å². The lowest BCUT2D eigenvalue weighted by Gasteiger charge is -2.31. The summed E-state index contributed by atoms with van der Waals surface area (Å²) < 4.78 is 160. The molecular weight excluding hydrogens is 430 g/mol. The van der Waals surface area contributed by atoms with E-state index >= 15 is 0 Å². The van der Waals surface area contributed by atoms with Crippen molar-refractivity contribution in [2.45, 2.75) is 35.9 Å². The molecule has 1 amide bonds. The largest absolute Gasteiger partial charge is 0.428 e. The average Bonchev–Trinajstić information content (AvgIpc) is 2.62. The molecule has 28 heavy (non-hydrogen) atoms. The Balaban J connectivity index is 2.41. The molecule has 1 aliphatic rings. The van der Waals surface area contributed by atoms with Crippen LogP contribution < -0.4 is 5.32 Å². The number of nitrogens with one attached hydrogen (secondary N) is 1. The van der Waals surface area contributed by atoms with Gasteiger partial charge in [0.1, 0.15) is 0 Å². The minimum atomic E-state index is -6.89.